The summed E-state index contributed by atoms with van der Waals surface area (Å²) < 4.78 is 0. The number of hydrogen-bond acceptors (Lipinski definition) is 3. The van der Waals surface area contributed by atoms with Gasteiger partial charge < -0.3 is 15.8 Å². The van der Waals surface area contributed by atoms with Crippen molar-refractivity contribution in [3.05, 3.63) is 34.9 Å². The van der Waals surface area contributed by atoms with E-state index in [1.54, 1.807) is 14.0 Å². The minimum Gasteiger partial charge on any atom is -0.409 e. The lowest BCUT2D eigenvalue weighted by Gasteiger charge is -2.24. The van der Waals surface area contributed by atoms with Crippen LogP contribution in [0.25, 0.3) is 0 Å². The number of hydrogen-bond donors (Lipinski definition) is 2. The van der Waals surface area contributed by atoms with Gasteiger partial charge in [0.05, 0.1) is 6.04 Å². The molecule has 3 N–H and O–H groups in total. The monoisotopic (exact) mass is 249 g/mol. The van der Waals surface area contributed by atoms with Crippen LogP contribution in [0.1, 0.15) is 28.4 Å². The minimum atomic E-state index is -0.456. The van der Waals surface area contributed by atoms with E-state index in [0.29, 0.717) is 5.56 Å². The van der Waals surface area contributed by atoms with Crippen LogP contribution >= 0.6 is 0 Å². The fraction of sp³-hybridized carbons (Fsp3) is 0.385. The topological polar surface area (TPSA) is 78.9 Å². The van der Waals surface area contributed by atoms with Gasteiger partial charge in [-0.2, -0.15) is 0 Å². The zero-order chi connectivity index (χ0) is 13.9. The average Bonchev–Trinajstić information content (AvgIpc) is 2.38. The number of amides is 1. The van der Waals surface area contributed by atoms with E-state index >= 15 is 0 Å². The number of likely N-dealkylation sites (N-methyl/N-ethyl adjacent to an activating group) is 1. The average molecular weight is 249 g/mol. The van der Waals surface area contributed by atoms with E-state index in [2.05, 4.69) is 5.16 Å². The first kappa shape index (κ1) is 14.0. The summed E-state index contributed by atoms with van der Waals surface area (Å²) in [6.45, 7) is 5.52. The summed E-state index contributed by atoms with van der Waals surface area (Å²) >= 11 is 0. The molecule has 0 aliphatic heterocycles. The molecule has 0 aliphatic carbocycles. The second-order valence-electron chi connectivity index (χ2n) is 4.44. The summed E-state index contributed by atoms with van der Waals surface area (Å²) in [5, 5.41) is 11.6. The second-order valence-corrected chi connectivity index (χ2v) is 4.44. The Morgan fingerprint density at radius 3 is 2.61 bits per heavy atom. The molecular weight excluding hydrogens is 230 g/mol. The highest BCUT2D eigenvalue weighted by molar-refractivity contribution is 5.99. The van der Waals surface area contributed by atoms with Crippen molar-refractivity contribution in [3.63, 3.8) is 0 Å². The molecule has 1 aromatic carbocycles. The van der Waals surface area contributed by atoms with E-state index in [1.807, 2.05) is 32.0 Å². The van der Waals surface area contributed by atoms with Crippen LogP contribution in [0.5, 0.6) is 0 Å². The van der Waals surface area contributed by atoms with E-state index in [1.165, 1.54) is 4.90 Å². The molecule has 1 atom stereocenters. The molecule has 0 radical (unpaired) electrons. The Balaban J connectivity index is 3.03. The van der Waals surface area contributed by atoms with Crippen molar-refractivity contribution in [1.82, 2.24) is 4.90 Å². The van der Waals surface area contributed by atoms with Gasteiger partial charge >= 0.3 is 0 Å². The normalized spacial score (nSPS) is 13.2. The Hall–Kier alpha value is -2.04. The first-order valence-electron chi connectivity index (χ1n) is 5.70. The third-order valence-corrected chi connectivity index (χ3v) is 3.07. The van der Waals surface area contributed by atoms with Crippen molar-refractivity contribution in [2.24, 2.45) is 10.9 Å². The zero-order valence-electron chi connectivity index (χ0n) is 11.1. The number of carbonyl (C=O) groups is 1. The van der Waals surface area contributed by atoms with Crippen molar-refractivity contribution in [1.29, 1.82) is 0 Å². The predicted octanol–water partition coefficient (Wildman–Crippen LogP) is 1.51. The van der Waals surface area contributed by atoms with E-state index in [-0.39, 0.29) is 11.7 Å². The Morgan fingerprint density at radius 2 is 2.06 bits per heavy atom. The van der Waals surface area contributed by atoms with Crippen LogP contribution in [0.15, 0.2) is 23.4 Å². The largest absolute Gasteiger partial charge is 0.409 e. The van der Waals surface area contributed by atoms with E-state index in [4.69, 9.17) is 10.9 Å². The SMILES string of the molecule is Cc1ccc(C)c(C(=O)N(C)C(C)C(N)=NO)c1. The molecule has 1 unspecified atom stereocenters. The maximum absolute atomic E-state index is 12.3. The molecule has 0 bridgehead atoms. The van der Waals surface area contributed by atoms with E-state index in [9.17, 15) is 4.79 Å². The van der Waals surface area contributed by atoms with Crippen molar-refractivity contribution >= 4 is 11.7 Å². The molecule has 1 amide bonds. The number of nitrogens with zero attached hydrogens (tertiary/aromatic N) is 2. The van der Waals surface area contributed by atoms with Gasteiger partial charge in [-0.05, 0) is 32.4 Å². The standard InChI is InChI=1S/C13H19N3O2/c1-8-5-6-9(2)11(7-8)13(17)16(4)10(3)12(14)15-18/h5-7,10,18H,1-4H3,(H2,14,15). The Labute approximate surface area is 107 Å². The summed E-state index contributed by atoms with van der Waals surface area (Å²) in [7, 11) is 1.63. The van der Waals surface area contributed by atoms with Crippen LogP contribution in [0.4, 0.5) is 0 Å². The number of carbonyl (C=O) groups excluding carboxylic acids is 1. The molecule has 18 heavy (non-hydrogen) atoms. The fourth-order valence-corrected chi connectivity index (χ4v) is 1.61. The van der Waals surface area contributed by atoms with Crippen LogP contribution in [0, 0.1) is 13.8 Å². The summed E-state index contributed by atoms with van der Waals surface area (Å²) in [5.41, 5.74) is 8.07. The third-order valence-electron chi connectivity index (χ3n) is 3.07. The Morgan fingerprint density at radius 1 is 1.44 bits per heavy atom. The van der Waals surface area contributed by atoms with Gasteiger partial charge in [0.15, 0.2) is 5.84 Å². The Bertz CT molecular complexity index is 483. The summed E-state index contributed by atoms with van der Waals surface area (Å²) in [4.78, 5) is 13.8. The fourth-order valence-electron chi connectivity index (χ4n) is 1.61. The second kappa shape index (κ2) is 5.53. The summed E-state index contributed by atoms with van der Waals surface area (Å²) in [6, 6.07) is 5.25. The molecule has 0 spiro atoms. The van der Waals surface area contributed by atoms with Crippen LogP contribution in [0.3, 0.4) is 0 Å². The zero-order valence-corrected chi connectivity index (χ0v) is 11.1. The highest BCUT2D eigenvalue weighted by Gasteiger charge is 2.21. The van der Waals surface area contributed by atoms with E-state index in [0.717, 1.165) is 11.1 Å². The van der Waals surface area contributed by atoms with Gasteiger partial charge in [-0.15, -0.1) is 0 Å². The maximum Gasteiger partial charge on any atom is 0.254 e. The maximum atomic E-state index is 12.3. The molecule has 0 aromatic heterocycles. The number of amidine groups is 1. The van der Waals surface area contributed by atoms with Crippen LogP contribution in [0.2, 0.25) is 0 Å². The molecule has 5 nitrogen and oxygen atoms in total. The Kier molecular flexibility index (Phi) is 4.31. The van der Waals surface area contributed by atoms with Crippen molar-refractivity contribution in [3.8, 4) is 0 Å². The van der Waals surface area contributed by atoms with Gasteiger partial charge in [0.25, 0.3) is 5.91 Å². The molecule has 1 rings (SSSR count). The van der Waals surface area contributed by atoms with Gasteiger partial charge in [-0.1, -0.05) is 22.9 Å². The number of oxime groups is 1. The molecular formula is C13H19N3O2. The van der Waals surface area contributed by atoms with Gasteiger partial charge in [0, 0.05) is 12.6 Å². The molecule has 1 aromatic rings. The van der Waals surface area contributed by atoms with Crippen LogP contribution < -0.4 is 5.73 Å². The highest BCUT2D eigenvalue weighted by Crippen LogP contribution is 2.14. The van der Waals surface area contributed by atoms with Crippen molar-refractivity contribution < 1.29 is 10.0 Å². The van der Waals surface area contributed by atoms with Gasteiger partial charge in [0.2, 0.25) is 0 Å². The number of benzene rings is 1. The van der Waals surface area contributed by atoms with Crippen LogP contribution in [-0.4, -0.2) is 34.9 Å². The number of nitrogens with two attached hydrogens (primary N) is 1. The molecule has 0 saturated carbocycles. The quantitative estimate of drug-likeness (QED) is 0.369. The van der Waals surface area contributed by atoms with E-state index < -0.39 is 6.04 Å². The van der Waals surface area contributed by atoms with Crippen molar-refractivity contribution in [2.45, 2.75) is 26.8 Å². The first-order chi connectivity index (χ1) is 8.38. The molecule has 5 heteroatoms. The third kappa shape index (κ3) is 2.80. The predicted molar refractivity (Wildman–Crippen MR) is 70.9 cm³/mol. The lowest BCUT2D eigenvalue weighted by molar-refractivity contribution is 0.0775. The molecule has 0 heterocycles. The lowest BCUT2D eigenvalue weighted by Crippen LogP contribution is -2.44. The van der Waals surface area contributed by atoms with Crippen molar-refractivity contribution in [2.75, 3.05) is 7.05 Å². The highest BCUT2D eigenvalue weighted by atomic mass is 16.4. The molecule has 0 aliphatic rings. The van der Waals surface area contributed by atoms with Crippen LogP contribution in [-0.2, 0) is 0 Å². The summed E-state index contributed by atoms with van der Waals surface area (Å²) in [5.74, 6) is -0.133. The number of aryl methyl sites for hydroxylation is 2. The van der Waals surface area contributed by atoms with Gasteiger partial charge in [-0.25, -0.2) is 0 Å². The molecule has 98 valence electrons. The minimum absolute atomic E-state index is 0.0103. The first-order valence-corrected chi connectivity index (χ1v) is 5.70. The summed E-state index contributed by atoms with van der Waals surface area (Å²) in [6.07, 6.45) is 0. The lowest BCUT2D eigenvalue weighted by atomic mass is 10.0. The van der Waals surface area contributed by atoms with Gasteiger partial charge in [0.1, 0.15) is 0 Å². The molecule has 0 saturated heterocycles. The molecule has 0 fully saturated rings. The van der Waals surface area contributed by atoms with Gasteiger partial charge in [-0.3, -0.25) is 4.79 Å². The smallest absolute Gasteiger partial charge is 0.254 e. The number of rotatable bonds is 3.